The third-order valence-electron chi connectivity index (χ3n) is 2.64. The summed E-state index contributed by atoms with van der Waals surface area (Å²) in [5.41, 5.74) is 0.707. The molecule has 0 bridgehead atoms. The Balaban J connectivity index is 2.67. The number of hydrogen-bond acceptors (Lipinski definition) is 2. The Morgan fingerprint density at radius 1 is 1.44 bits per heavy atom. The van der Waals surface area contributed by atoms with E-state index in [1.807, 2.05) is 0 Å². The van der Waals surface area contributed by atoms with Crippen molar-refractivity contribution in [1.82, 2.24) is 5.32 Å². The second kappa shape index (κ2) is 5.82. The van der Waals surface area contributed by atoms with Crippen LogP contribution in [0.5, 0.6) is 0 Å². The highest BCUT2D eigenvalue weighted by Crippen LogP contribution is 2.16. The molecule has 0 saturated heterocycles. The largest absolute Gasteiger partial charge is 0.396 e. The van der Waals surface area contributed by atoms with E-state index in [2.05, 4.69) is 10.6 Å². The zero-order valence-corrected chi connectivity index (χ0v) is 10.9. The van der Waals surface area contributed by atoms with E-state index in [1.165, 1.54) is 12.1 Å². The third kappa shape index (κ3) is 4.33. The quantitative estimate of drug-likeness (QED) is 0.772. The number of carbonyl (C=O) groups is 1. The van der Waals surface area contributed by atoms with Crippen molar-refractivity contribution in [2.75, 3.05) is 11.9 Å². The Kier molecular flexibility index (Phi) is 4.67. The second-order valence-electron chi connectivity index (χ2n) is 4.90. The van der Waals surface area contributed by atoms with Gasteiger partial charge < -0.3 is 15.7 Å². The van der Waals surface area contributed by atoms with Gasteiger partial charge in [-0.3, -0.25) is 0 Å². The molecule has 0 aliphatic heterocycles. The van der Waals surface area contributed by atoms with E-state index in [4.69, 9.17) is 5.11 Å². The van der Waals surface area contributed by atoms with E-state index in [0.717, 1.165) is 5.56 Å². The molecule has 0 atom stereocenters. The number of halogens is 1. The summed E-state index contributed by atoms with van der Waals surface area (Å²) < 4.78 is 13.1. The van der Waals surface area contributed by atoms with Crippen LogP contribution in [0.2, 0.25) is 0 Å². The van der Waals surface area contributed by atoms with E-state index >= 15 is 0 Å². The van der Waals surface area contributed by atoms with Crippen molar-refractivity contribution >= 4 is 11.7 Å². The molecule has 5 heteroatoms. The molecule has 0 aromatic heterocycles. The maximum Gasteiger partial charge on any atom is 0.319 e. The lowest BCUT2D eigenvalue weighted by atomic mass is 10.0. The molecule has 1 rings (SSSR count). The average Bonchev–Trinajstić information content (AvgIpc) is 2.22. The molecule has 4 nitrogen and oxygen atoms in total. The molecular formula is C13H19FN2O2. The van der Waals surface area contributed by atoms with Crippen LogP contribution in [0.25, 0.3) is 0 Å². The molecule has 1 aromatic rings. The number of aliphatic hydroxyl groups excluding tert-OH is 1. The number of benzene rings is 1. The van der Waals surface area contributed by atoms with Crippen molar-refractivity contribution in [3.8, 4) is 0 Å². The molecule has 1 aromatic carbocycles. The Hall–Kier alpha value is -1.62. The van der Waals surface area contributed by atoms with Crippen LogP contribution in [0.15, 0.2) is 18.2 Å². The first kappa shape index (κ1) is 14.4. The molecule has 0 heterocycles. The highest BCUT2D eigenvalue weighted by molar-refractivity contribution is 5.90. The van der Waals surface area contributed by atoms with Crippen LogP contribution in [0.3, 0.4) is 0 Å². The zero-order chi connectivity index (χ0) is 13.8. The van der Waals surface area contributed by atoms with Gasteiger partial charge in [-0.2, -0.15) is 0 Å². The van der Waals surface area contributed by atoms with Gasteiger partial charge >= 0.3 is 6.03 Å². The van der Waals surface area contributed by atoms with E-state index in [-0.39, 0.29) is 6.61 Å². The summed E-state index contributed by atoms with van der Waals surface area (Å²) in [6.07, 6.45) is 0.447. The van der Waals surface area contributed by atoms with Gasteiger partial charge in [-0.15, -0.1) is 0 Å². The number of aliphatic hydroxyl groups is 1. The first-order chi connectivity index (χ1) is 8.34. The monoisotopic (exact) mass is 254 g/mol. The van der Waals surface area contributed by atoms with Gasteiger partial charge in [-0.05, 0) is 44.9 Å². The minimum atomic E-state index is -0.514. The first-order valence-corrected chi connectivity index (χ1v) is 5.80. The third-order valence-corrected chi connectivity index (χ3v) is 2.64. The minimum Gasteiger partial charge on any atom is -0.396 e. The Labute approximate surface area is 106 Å². The Morgan fingerprint density at radius 2 is 2.11 bits per heavy atom. The van der Waals surface area contributed by atoms with Crippen LogP contribution in [0, 0.1) is 12.7 Å². The van der Waals surface area contributed by atoms with Crippen molar-refractivity contribution in [3.05, 3.63) is 29.6 Å². The van der Waals surface area contributed by atoms with Gasteiger partial charge in [0.2, 0.25) is 0 Å². The van der Waals surface area contributed by atoms with Crippen molar-refractivity contribution < 1.29 is 14.3 Å². The van der Waals surface area contributed by atoms with Crippen LogP contribution in [-0.2, 0) is 0 Å². The Bertz CT molecular complexity index is 433. The van der Waals surface area contributed by atoms with Gasteiger partial charge in [-0.25, -0.2) is 9.18 Å². The van der Waals surface area contributed by atoms with Gasteiger partial charge in [0.15, 0.2) is 0 Å². The zero-order valence-electron chi connectivity index (χ0n) is 10.9. The fourth-order valence-corrected chi connectivity index (χ4v) is 1.53. The average molecular weight is 254 g/mol. The molecule has 0 aliphatic carbocycles. The summed E-state index contributed by atoms with van der Waals surface area (Å²) in [5, 5.41) is 14.2. The molecule has 2 amide bonds. The second-order valence-corrected chi connectivity index (χ2v) is 4.90. The van der Waals surface area contributed by atoms with Gasteiger partial charge in [-0.1, -0.05) is 6.07 Å². The summed E-state index contributed by atoms with van der Waals surface area (Å²) in [5.74, 6) is -0.398. The van der Waals surface area contributed by atoms with Crippen molar-refractivity contribution in [1.29, 1.82) is 0 Å². The summed E-state index contributed by atoms with van der Waals surface area (Å²) >= 11 is 0. The summed E-state index contributed by atoms with van der Waals surface area (Å²) in [6.45, 7) is 5.39. The number of anilines is 1. The first-order valence-electron chi connectivity index (χ1n) is 5.80. The maximum atomic E-state index is 13.1. The number of amides is 2. The van der Waals surface area contributed by atoms with E-state index in [0.29, 0.717) is 12.1 Å². The van der Waals surface area contributed by atoms with Gasteiger partial charge in [0.25, 0.3) is 0 Å². The predicted octanol–water partition coefficient (Wildman–Crippen LogP) is 2.42. The molecule has 0 aliphatic rings. The summed E-state index contributed by atoms with van der Waals surface area (Å²) in [6, 6.07) is 3.80. The number of nitrogens with one attached hydrogen (secondary N) is 2. The molecule has 0 saturated carbocycles. The number of carbonyl (C=O) groups excluding carboxylic acids is 1. The molecule has 0 radical (unpaired) electrons. The minimum absolute atomic E-state index is 0.00767. The lowest BCUT2D eigenvalue weighted by molar-refractivity contribution is 0.218. The molecule has 0 unspecified atom stereocenters. The summed E-state index contributed by atoms with van der Waals surface area (Å²) in [7, 11) is 0. The van der Waals surface area contributed by atoms with Gasteiger partial charge in [0.1, 0.15) is 5.82 Å². The van der Waals surface area contributed by atoms with Crippen molar-refractivity contribution in [2.45, 2.75) is 32.7 Å². The highest BCUT2D eigenvalue weighted by Gasteiger charge is 2.19. The van der Waals surface area contributed by atoms with Crippen molar-refractivity contribution in [3.63, 3.8) is 0 Å². The number of hydrogen-bond donors (Lipinski definition) is 3. The molecule has 0 fully saturated rings. The fourth-order valence-electron chi connectivity index (χ4n) is 1.53. The maximum absolute atomic E-state index is 13.1. The van der Waals surface area contributed by atoms with Crippen LogP contribution in [0.4, 0.5) is 14.9 Å². The van der Waals surface area contributed by atoms with Crippen LogP contribution in [-0.4, -0.2) is 23.3 Å². The molecular weight excluding hydrogens is 235 g/mol. The SMILES string of the molecule is Cc1ccc(F)cc1NC(=O)NC(C)(C)CCO. The number of rotatable bonds is 4. The predicted molar refractivity (Wildman–Crippen MR) is 69.1 cm³/mol. The molecule has 18 heavy (non-hydrogen) atoms. The van der Waals surface area contributed by atoms with Crippen LogP contribution in [0.1, 0.15) is 25.8 Å². The number of urea groups is 1. The van der Waals surface area contributed by atoms with E-state index < -0.39 is 17.4 Å². The van der Waals surface area contributed by atoms with Crippen LogP contribution < -0.4 is 10.6 Å². The van der Waals surface area contributed by atoms with E-state index in [9.17, 15) is 9.18 Å². The van der Waals surface area contributed by atoms with Gasteiger partial charge in [0, 0.05) is 17.8 Å². The normalized spacial score (nSPS) is 11.2. The van der Waals surface area contributed by atoms with E-state index in [1.54, 1.807) is 26.8 Å². The van der Waals surface area contributed by atoms with Crippen LogP contribution >= 0.6 is 0 Å². The fraction of sp³-hybridized carbons (Fsp3) is 0.462. The number of aryl methyl sites for hydroxylation is 1. The molecule has 0 spiro atoms. The topological polar surface area (TPSA) is 61.4 Å². The lowest BCUT2D eigenvalue weighted by Gasteiger charge is -2.25. The Morgan fingerprint density at radius 3 is 2.72 bits per heavy atom. The van der Waals surface area contributed by atoms with Gasteiger partial charge in [0.05, 0.1) is 0 Å². The lowest BCUT2D eigenvalue weighted by Crippen LogP contribution is -2.46. The summed E-state index contributed by atoms with van der Waals surface area (Å²) in [4.78, 5) is 11.7. The highest BCUT2D eigenvalue weighted by atomic mass is 19.1. The van der Waals surface area contributed by atoms with Crippen molar-refractivity contribution in [2.24, 2.45) is 0 Å². The molecule has 100 valence electrons. The smallest absolute Gasteiger partial charge is 0.319 e. The standard InChI is InChI=1S/C13H19FN2O2/c1-9-4-5-10(14)8-11(9)15-12(18)16-13(2,3)6-7-17/h4-5,8,17H,6-7H2,1-3H3,(H2,15,16,18). The molecule has 3 N–H and O–H groups in total.